The van der Waals surface area contributed by atoms with Crippen molar-refractivity contribution < 1.29 is 14.3 Å². The van der Waals surface area contributed by atoms with Gasteiger partial charge in [0.15, 0.2) is 0 Å². The molecule has 24 heavy (non-hydrogen) atoms. The maximum absolute atomic E-state index is 12.1. The maximum atomic E-state index is 12.1. The molecule has 7 heteroatoms. The van der Waals surface area contributed by atoms with Crippen molar-refractivity contribution in [2.45, 2.75) is 31.9 Å². The van der Waals surface area contributed by atoms with Crippen LogP contribution in [0.5, 0.6) is 5.75 Å². The standard InChI is InChI=1S/C17H22N4O3/c22-17(19-8-2-9-21-13-18-12-20-21)14-4-6-15(7-5-14)24-11-16-3-1-10-23-16/h4-7,12-13,16H,1-3,8-11H2,(H,19,22). The number of hydrogen-bond donors (Lipinski definition) is 1. The van der Waals surface area contributed by atoms with Crippen LogP contribution < -0.4 is 10.1 Å². The second-order valence-electron chi connectivity index (χ2n) is 5.74. The molecule has 1 amide bonds. The Morgan fingerprint density at radius 1 is 1.38 bits per heavy atom. The summed E-state index contributed by atoms with van der Waals surface area (Å²) in [6, 6.07) is 7.19. The Hall–Kier alpha value is -2.41. The van der Waals surface area contributed by atoms with E-state index in [1.165, 1.54) is 6.33 Å². The van der Waals surface area contributed by atoms with Gasteiger partial charge in [-0.1, -0.05) is 0 Å². The molecule has 1 aromatic carbocycles. The minimum absolute atomic E-state index is 0.0840. The molecule has 1 N–H and O–H groups in total. The van der Waals surface area contributed by atoms with Crippen molar-refractivity contribution in [3.63, 3.8) is 0 Å². The van der Waals surface area contributed by atoms with Gasteiger partial charge in [0.25, 0.3) is 5.91 Å². The fourth-order valence-electron chi connectivity index (χ4n) is 2.56. The molecule has 0 bridgehead atoms. The van der Waals surface area contributed by atoms with Gasteiger partial charge in [-0.05, 0) is 43.5 Å². The van der Waals surface area contributed by atoms with Crippen LogP contribution in [0.4, 0.5) is 0 Å². The lowest BCUT2D eigenvalue weighted by Gasteiger charge is -2.11. The van der Waals surface area contributed by atoms with Gasteiger partial charge >= 0.3 is 0 Å². The molecule has 0 saturated carbocycles. The van der Waals surface area contributed by atoms with E-state index in [1.807, 2.05) is 12.1 Å². The van der Waals surface area contributed by atoms with Gasteiger partial charge in [-0.2, -0.15) is 5.10 Å². The number of nitrogens with one attached hydrogen (secondary N) is 1. The normalized spacial score (nSPS) is 16.9. The van der Waals surface area contributed by atoms with Gasteiger partial charge in [0, 0.05) is 25.3 Å². The molecule has 3 rings (SSSR count). The summed E-state index contributed by atoms with van der Waals surface area (Å²) in [6.45, 7) is 2.71. The Labute approximate surface area is 141 Å². The number of nitrogens with zero attached hydrogens (tertiary/aromatic N) is 3. The Bertz CT molecular complexity index is 622. The highest BCUT2D eigenvalue weighted by Gasteiger charge is 2.16. The summed E-state index contributed by atoms with van der Waals surface area (Å²) in [5.74, 6) is 0.674. The number of amides is 1. The largest absolute Gasteiger partial charge is 0.491 e. The number of rotatable bonds is 8. The summed E-state index contributed by atoms with van der Waals surface area (Å²) in [4.78, 5) is 16.0. The maximum Gasteiger partial charge on any atom is 0.251 e. The average Bonchev–Trinajstić information content (AvgIpc) is 3.31. The predicted octanol–water partition coefficient (Wildman–Crippen LogP) is 1.66. The van der Waals surface area contributed by atoms with Gasteiger partial charge in [0.1, 0.15) is 25.0 Å². The second-order valence-corrected chi connectivity index (χ2v) is 5.74. The molecule has 1 unspecified atom stereocenters. The minimum atomic E-state index is -0.0840. The summed E-state index contributed by atoms with van der Waals surface area (Å²) in [7, 11) is 0. The Morgan fingerprint density at radius 2 is 2.25 bits per heavy atom. The molecule has 1 aliphatic rings. The lowest BCUT2D eigenvalue weighted by atomic mass is 10.2. The van der Waals surface area contributed by atoms with Crippen molar-refractivity contribution in [2.75, 3.05) is 19.8 Å². The Balaban J connectivity index is 1.38. The molecular formula is C17H22N4O3. The third-order valence-corrected chi connectivity index (χ3v) is 3.89. The fourth-order valence-corrected chi connectivity index (χ4v) is 2.56. The highest BCUT2D eigenvalue weighted by molar-refractivity contribution is 5.94. The van der Waals surface area contributed by atoms with Gasteiger partial charge in [-0.3, -0.25) is 9.48 Å². The first-order chi connectivity index (χ1) is 11.8. The first-order valence-corrected chi connectivity index (χ1v) is 8.26. The SMILES string of the molecule is O=C(NCCCn1cncn1)c1ccc(OCC2CCCO2)cc1. The topological polar surface area (TPSA) is 78.3 Å². The zero-order valence-corrected chi connectivity index (χ0v) is 13.6. The van der Waals surface area contributed by atoms with Gasteiger partial charge in [0.2, 0.25) is 0 Å². The van der Waals surface area contributed by atoms with E-state index >= 15 is 0 Å². The number of aryl methyl sites for hydroxylation is 1. The van der Waals surface area contributed by atoms with E-state index in [0.29, 0.717) is 18.7 Å². The van der Waals surface area contributed by atoms with Crippen LogP contribution in [0.25, 0.3) is 0 Å². The van der Waals surface area contributed by atoms with Crippen LogP contribution in [0.1, 0.15) is 29.6 Å². The highest BCUT2D eigenvalue weighted by atomic mass is 16.5. The molecule has 0 spiro atoms. The van der Waals surface area contributed by atoms with Crippen LogP contribution in [0, 0.1) is 0 Å². The fraction of sp³-hybridized carbons (Fsp3) is 0.471. The summed E-state index contributed by atoms with van der Waals surface area (Å²) < 4.78 is 13.0. The highest BCUT2D eigenvalue weighted by Crippen LogP contribution is 2.16. The lowest BCUT2D eigenvalue weighted by Crippen LogP contribution is -2.25. The van der Waals surface area contributed by atoms with Gasteiger partial charge in [-0.15, -0.1) is 0 Å². The number of ether oxygens (including phenoxy) is 2. The Morgan fingerprint density at radius 3 is 2.96 bits per heavy atom. The number of benzene rings is 1. The molecule has 2 heterocycles. The van der Waals surface area contributed by atoms with E-state index in [1.54, 1.807) is 23.1 Å². The molecule has 2 aromatic rings. The molecule has 0 aliphatic carbocycles. The van der Waals surface area contributed by atoms with Crippen molar-refractivity contribution in [1.29, 1.82) is 0 Å². The van der Waals surface area contributed by atoms with Crippen LogP contribution in [0.2, 0.25) is 0 Å². The van der Waals surface area contributed by atoms with E-state index in [-0.39, 0.29) is 12.0 Å². The molecule has 1 aromatic heterocycles. The minimum Gasteiger partial charge on any atom is -0.491 e. The van der Waals surface area contributed by atoms with E-state index in [9.17, 15) is 4.79 Å². The third kappa shape index (κ3) is 4.79. The molecule has 1 fully saturated rings. The molecule has 128 valence electrons. The van der Waals surface area contributed by atoms with Crippen LogP contribution in [0.15, 0.2) is 36.9 Å². The van der Waals surface area contributed by atoms with Crippen molar-refractivity contribution in [1.82, 2.24) is 20.1 Å². The first-order valence-electron chi connectivity index (χ1n) is 8.26. The number of hydrogen-bond acceptors (Lipinski definition) is 5. The lowest BCUT2D eigenvalue weighted by molar-refractivity contribution is 0.0679. The summed E-state index contributed by atoms with van der Waals surface area (Å²) in [6.07, 6.45) is 6.31. The van der Waals surface area contributed by atoms with Crippen molar-refractivity contribution in [3.8, 4) is 5.75 Å². The zero-order valence-electron chi connectivity index (χ0n) is 13.6. The summed E-state index contributed by atoms with van der Waals surface area (Å²) in [5, 5.41) is 6.91. The molecule has 1 atom stereocenters. The number of aromatic nitrogens is 3. The molecule has 7 nitrogen and oxygen atoms in total. The summed E-state index contributed by atoms with van der Waals surface area (Å²) in [5.41, 5.74) is 0.625. The third-order valence-electron chi connectivity index (χ3n) is 3.89. The van der Waals surface area contributed by atoms with Gasteiger partial charge < -0.3 is 14.8 Å². The average molecular weight is 330 g/mol. The van der Waals surface area contributed by atoms with E-state index in [4.69, 9.17) is 9.47 Å². The Kier molecular flexibility index (Phi) is 5.79. The van der Waals surface area contributed by atoms with Crippen LogP contribution >= 0.6 is 0 Å². The second kappa shape index (κ2) is 8.44. The molecule has 0 radical (unpaired) electrons. The van der Waals surface area contributed by atoms with E-state index < -0.39 is 0 Å². The molecule has 1 aliphatic heterocycles. The van der Waals surface area contributed by atoms with E-state index in [0.717, 1.165) is 38.2 Å². The molecule has 1 saturated heterocycles. The number of carbonyl (C=O) groups is 1. The van der Waals surface area contributed by atoms with Crippen LogP contribution in [0.3, 0.4) is 0 Å². The number of carbonyl (C=O) groups excluding carboxylic acids is 1. The quantitative estimate of drug-likeness (QED) is 0.745. The zero-order chi connectivity index (χ0) is 16.6. The van der Waals surface area contributed by atoms with Crippen molar-refractivity contribution >= 4 is 5.91 Å². The van der Waals surface area contributed by atoms with Crippen LogP contribution in [-0.4, -0.2) is 46.5 Å². The van der Waals surface area contributed by atoms with Crippen molar-refractivity contribution in [2.24, 2.45) is 0 Å². The predicted molar refractivity (Wildman–Crippen MR) is 87.9 cm³/mol. The monoisotopic (exact) mass is 330 g/mol. The molecular weight excluding hydrogens is 308 g/mol. The first kappa shape index (κ1) is 16.4. The smallest absolute Gasteiger partial charge is 0.251 e. The van der Waals surface area contributed by atoms with Crippen molar-refractivity contribution in [3.05, 3.63) is 42.5 Å². The van der Waals surface area contributed by atoms with E-state index in [2.05, 4.69) is 15.4 Å². The summed E-state index contributed by atoms with van der Waals surface area (Å²) >= 11 is 0. The van der Waals surface area contributed by atoms with Gasteiger partial charge in [-0.25, -0.2) is 4.98 Å². The van der Waals surface area contributed by atoms with Gasteiger partial charge in [0.05, 0.1) is 6.10 Å². The van der Waals surface area contributed by atoms with Crippen LogP contribution in [-0.2, 0) is 11.3 Å².